The van der Waals surface area contributed by atoms with Crippen molar-refractivity contribution in [1.82, 2.24) is 4.90 Å². The van der Waals surface area contributed by atoms with E-state index in [1.54, 1.807) is 36.2 Å². The second kappa shape index (κ2) is 6.61. The molecule has 1 aromatic carbocycles. The monoisotopic (exact) mass is 250 g/mol. The number of carbonyl (C=O) groups excluding carboxylic acids is 2. The predicted molar refractivity (Wildman–Crippen MR) is 70.8 cm³/mol. The molecule has 0 spiro atoms. The third-order valence-corrected chi connectivity index (χ3v) is 2.38. The number of amides is 2. The first-order valence-electron chi connectivity index (χ1n) is 5.60. The number of nitrogens with one attached hydrogen (secondary N) is 1. The van der Waals surface area contributed by atoms with Crippen molar-refractivity contribution in [2.45, 2.75) is 6.42 Å². The number of nitrogen functional groups attached to an aromatic ring is 1. The molecular formula is C12H18N4O2. The summed E-state index contributed by atoms with van der Waals surface area (Å²) in [5.74, 6) is -0.561. The fourth-order valence-corrected chi connectivity index (χ4v) is 1.46. The maximum absolute atomic E-state index is 11.6. The summed E-state index contributed by atoms with van der Waals surface area (Å²) >= 11 is 0. The standard InChI is InChI=1S/C12H18N4O2/c1-16(8-11(14)17)7-6-12(18)15-10-5-3-2-4-9(10)13/h2-5H,6-8,13H2,1H3,(H2,14,17)(H,15,18). The van der Waals surface area contributed by atoms with Crippen molar-refractivity contribution >= 4 is 23.2 Å². The van der Waals surface area contributed by atoms with Gasteiger partial charge in [0.15, 0.2) is 0 Å². The molecule has 1 rings (SSSR count). The summed E-state index contributed by atoms with van der Waals surface area (Å²) in [6.07, 6.45) is 0.276. The number of nitrogens with zero attached hydrogens (tertiary/aromatic N) is 1. The molecule has 0 saturated heterocycles. The minimum absolute atomic E-state index is 0.140. The molecule has 0 aliphatic carbocycles. The number of hydrogen-bond donors (Lipinski definition) is 3. The summed E-state index contributed by atoms with van der Waals surface area (Å²) < 4.78 is 0. The number of carbonyl (C=O) groups is 2. The minimum Gasteiger partial charge on any atom is -0.397 e. The van der Waals surface area contributed by atoms with Gasteiger partial charge in [-0.25, -0.2) is 0 Å². The normalized spacial score (nSPS) is 10.3. The summed E-state index contributed by atoms with van der Waals surface area (Å²) in [6, 6.07) is 7.05. The fourth-order valence-electron chi connectivity index (χ4n) is 1.46. The van der Waals surface area contributed by atoms with Gasteiger partial charge in [-0.3, -0.25) is 14.5 Å². The molecule has 0 fully saturated rings. The lowest BCUT2D eigenvalue weighted by atomic mass is 10.2. The Morgan fingerprint density at radius 3 is 2.61 bits per heavy atom. The van der Waals surface area contributed by atoms with Gasteiger partial charge < -0.3 is 16.8 Å². The molecule has 6 heteroatoms. The SMILES string of the molecule is CN(CCC(=O)Nc1ccccc1N)CC(N)=O. The quantitative estimate of drug-likeness (QED) is 0.619. The highest BCUT2D eigenvalue weighted by atomic mass is 16.2. The summed E-state index contributed by atoms with van der Waals surface area (Å²) in [6.45, 7) is 0.599. The molecular weight excluding hydrogens is 232 g/mol. The van der Waals surface area contributed by atoms with E-state index in [4.69, 9.17) is 11.5 Å². The van der Waals surface area contributed by atoms with Crippen LogP contribution in [0.1, 0.15) is 6.42 Å². The molecule has 1 aromatic rings. The Balaban J connectivity index is 2.39. The Hall–Kier alpha value is -2.08. The van der Waals surface area contributed by atoms with Crippen LogP contribution in [-0.4, -0.2) is 36.9 Å². The molecule has 0 aromatic heterocycles. The highest BCUT2D eigenvalue weighted by molar-refractivity contribution is 5.93. The van der Waals surface area contributed by atoms with Crippen LogP contribution >= 0.6 is 0 Å². The number of primary amides is 1. The Bertz CT molecular complexity index is 434. The van der Waals surface area contributed by atoms with Crippen LogP contribution in [0.15, 0.2) is 24.3 Å². The molecule has 0 aliphatic rings. The Labute approximate surface area is 106 Å². The minimum atomic E-state index is -0.412. The highest BCUT2D eigenvalue weighted by Crippen LogP contribution is 2.16. The lowest BCUT2D eigenvalue weighted by molar-refractivity contribution is -0.120. The van der Waals surface area contributed by atoms with E-state index in [0.717, 1.165) is 0 Å². The number of benzene rings is 1. The van der Waals surface area contributed by atoms with E-state index in [0.29, 0.717) is 17.9 Å². The van der Waals surface area contributed by atoms with E-state index in [1.807, 2.05) is 0 Å². The Morgan fingerprint density at radius 2 is 2.00 bits per heavy atom. The molecule has 6 nitrogen and oxygen atoms in total. The topological polar surface area (TPSA) is 101 Å². The van der Waals surface area contributed by atoms with Crippen molar-refractivity contribution in [3.05, 3.63) is 24.3 Å². The van der Waals surface area contributed by atoms with Gasteiger partial charge in [0.1, 0.15) is 0 Å². The van der Waals surface area contributed by atoms with Crippen LogP contribution in [0.2, 0.25) is 0 Å². The number of para-hydroxylation sites is 2. The second-order valence-corrected chi connectivity index (χ2v) is 4.09. The lowest BCUT2D eigenvalue weighted by Crippen LogP contribution is -2.32. The van der Waals surface area contributed by atoms with Crippen LogP contribution < -0.4 is 16.8 Å². The zero-order chi connectivity index (χ0) is 13.5. The van der Waals surface area contributed by atoms with Crippen LogP contribution in [0.3, 0.4) is 0 Å². The van der Waals surface area contributed by atoms with Gasteiger partial charge in [-0.1, -0.05) is 12.1 Å². The third-order valence-electron chi connectivity index (χ3n) is 2.38. The molecule has 5 N–H and O–H groups in total. The smallest absolute Gasteiger partial charge is 0.231 e. The van der Waals surface area contributed by atoms with Crippen molar-refractivity contribution in [2.75, 3.05) is 31.2 Å². The Kier molecular flexibility index (Phi) is 5.13. The van der Waals surface area contributed by atoms with Crippen LogP contribution in [0.4, 0.5) is 11.4 Å². The van der Waals surface area contributed by atoms with E-state index < -0.39 is 5.91 Å². The maximum atomic E-state index is 11.6. The zero-order valence-corrected chi connectivity index (χ0v) is 10.3. The summed E-state index contributed by atoms with van der Waals surface area (Å²) in [5, 5.41) is 2.71. The molecule has 0 atom stereocenters. The first-order chi connectivity index (χ1) is 8.49. The van der Waals surface area contributed by atoms with Crippen molar-refractivity contribution in [3.8, 4) is 0 Å². The first kappa shape index (κ1) is 14.0. The summed E-state index contributed by atoms with van der Waals surface area (Å²) in [7, 11) is 1.73. The Morgan fingerprint density at radius 1 is 1.33 bits per heavy atom. The molecule has 0 unspecified atom stereocenters. The number of hydrogen-bond acceptors (Lipinski definition) is 4. The zero-order valence-electron chi connectivity index (χ0n) is 10.3. The average Bonchev–Trinajstić information content (AvgIpc) is 2.29. The highest BCUT2D eigenvalue weighted by Gasteiger charge is 2.07. The van der Waals surface area contributed by atoms with E-state index >= 15 is 0 Å². The number of anilines is 2. The van der Waals surface area contributed by atoms with E-state index in [1.165, 1.54) is 0 Å². The summed E-state index contributed by atoms with van der Waals surface area (Å²) in [4.78, 5) is 24.0. The van der Waals surface area contributed by atoms with Crippen LogP contribution in [-0.2, 0) is 9.59 Å². The van der Waals surface area contributed by atoms with Crippen molar-refractivity contribution in [3.63, 3.8) is 0 Å². The predicted octanol–water partition coefficient (Wildman–Crippen LogP) is 0.0145. The van der Waals surface area contributed by atoms with E-state index in [-0.39, 0.29) is 18.9 Å². The number of rotatable bonds is 6. The van der Waals surface area contributed by atoms with Crippen molar-refractivity contribution in [2.24, 2.45) is 5.73 Å². The van der Waals surface area contributed by atoms with Gasteiger partial charge in [0, 0.05) is 13.0 Å². The van der Waals surface area contributed by atoms with Gasteiger partial charge >= 0.3 is 0 Å². The molecule has 0 aliphatic heterocycles. The van der Waals surface area contributed by atoms with Gasteiger partial charge in [0.05, 0.1) is 17.9 Å². The van der Waals surface area contributed by atoms with Crippen LogP contribution in [0, 0.1) is 0 Å². The first-order valence-corrected chi connectivity index (χ1v) is 5.60. The van der Waals surface area contributed by atoms with Crippen molar-refractivity contribution < 1.29 is 9.59 Å². The molecule has 0 radical (unpaired) electrons. The van der Waals surface area contributed by atoms with Gasteiger partial charge in [-0.15, -0.1) is 0 Å². The van der Waals surface area contributed by atoms with Crippen LogP contribution in [0.5, 0.6) is 0 Å². The molecule has 98 valence electrons. The molecule has 0 heterocycles. The van der Waals surface area contributed by atoms with Crippen LogP contribution in [0.25, 0.3) is 0 Å². The molecule has 2 amide bonds. The lowest BCUT2D eigenvalue weighted by Gasteiger charge is -2.14. The number of nitrogens with two attached hydrogens (primary N) is 2. The van der Waals surface area contributed by atoms with Crippen molar-refractivity contribution in [1.29, 1.82) is 0 Å². The third kappa shape index (κ3) is 4.84. The van der Waals surface area contributed by atoms with E-state index in [2.05, 4.69) is 5.32 Å². The number of likely N-dealkylation sites (N-methyl/N-ethyl adjacent to an activating group) is 1. The fraction of sp³-hybridized carbons (Fsp3) is 0.333. The molecule has 0 bridgehead atoms. The van der Waals surface area contributed by atoms with Gasteiger partial charge in [-0.05, 0) is 19.2 Å². The largest absolute Gasteiger partial charge is 0.397 e. The van der Waals surface area contributed by atoms with E-state index in [9.17, 15) is 9.59 Å². The maximum Gasteiger partial charge on any atom is 0.231 e. The summed E-state index contributed by atoms with van der Waals surface area (Å²) in [5.41, 5.74) is 11.9. The average molecular weight is 250 g/mol. The van der Waals surface area contributed by atoms with Gasteiger partial charge in [0.25, 0.3) is 0 Å². The molecule has 18 heavy (non-hydrogen) atoms. The van der Waals surface area contributed by atoms with Gasteiger partial charge in [-0.2, -0.15) is 0 Å². The van der Waals surface area contributed by atoms with Gasteiger partial charge in [0.2, 0.25) is 11.8 Å². The second-order valence-electron chi connectivity index (χ2n) is 4.09. The molecule has 0 saturated carbocycles.